The molecule has 0 aliphatic heterocycles. The second-order valence-electron chi connectivity index (χ2n) is 2.71. The van der Waals surface area contributed by atoms with Crippen molar-refractivity contribution in [3.05, 3.63) is 18.2 Å². The van der Waals surface area contributed by atoms with Crippen molar-refractivity contribution in [3.8, 4) is 0 Å². The molecule has 0 saturated heterocycles. The van der Waals surface area contributed by atoms with E-state index in [9.17, 15) is 4.79 Å². The number of hydrazine groups is 1. The topological polar surface area (TPSA) is 72.9 Å². The van der Waals surface area contributed by atoms with E-state index in [1.807, 2.05) is 17.7 Å². The van der Waals surface area contributed by atoms with Gasteiger partial charge in [-0.2, -0.15) is 0 Å². The minimum Gasteiger partial charge on any atom is -0.334 e. The zero-order chi connectivity index (χ0) is 9.68. The van der Waals surface area contributed by atoms with Crippen molar-refractivity contribution in [2.24, 2.45) is 5.84 Å². The van der Waals surface area contributed by atoms with Gasteiger partial charge >= 0.3 is 0 Å². The molecule has 0 fully saturated rings. The Morgan fingerprint density at radius 1 is 1.77 bits per heavy atom. The maximum absolute atomic E-state index is 10.8. The molecule has 1 aromatic heterocycles. The van der Waals surface area contributed by atoms with Crippen molar-refractivity contribution < 1.29 is 4.79 Å². The highest BCUT2D eigenvalue weighted by atomic mass is 16.2. The Labute approximate surface area is 76.9 Å². The van der Waals surface area contributed by atoms with E-state index in [0.29, 0.717) is 13.0 Å². The van der Waals surface area contributed by atoms with Crippen LogP contribution in [0.1, 0.15) is 19.2 Å². The fourth-order valence-corrected chi connectivity index (χ4v) is 1.15. The van der Waals surface area contributed by atoms with Gasteiger partial charge in [-0.05, 0) is 0 Å². The molecule has 3 N–H and O–H groups in total. The average Bonchev–Trinajstić information content (AvgIpc) is 2.61. The van der Waals surface area contributed by atoms with Gasteiger partial charge in [-0.3, -0.25) is 10.2 Å². The Bertz CT molecular complexity index is 281. The summed E-state index contributed by atoms with van der Waals surface area (Å²) in [5, 5.41) is 0. The number of carbonyl (C=O) groups is 1. The van der Waals surface area contributed by atoms with Crippen molar-refractivity contribution >= 4 is 5.91 Å². The summed E-state index contributed by atoms with van der Waals surface area (Å²) in [5.41, 5.74) is 2.09. The van der Waals surface area contributed by atoms with Gasteiger partial charge in [0.25, 0.3) is 0 Å². The standard InChI is InChI=1S/C8H14N4O/c1-2-7-10-4-6-12(7)5-3-8(13)11-9/h4,6H,2-3,5,9H2,1H3,(H,11,13). The zero-order valence-electron chi connectivity index (χ0n) is 7.66. The fraction of sp³-hybridized carbons (Fsp3) is 0.500. The number of aromatic nitrogens is 2. The van der Waals surface area contributed by atoms with Gasteiger partial charge in [0.1, 0.15) is 5.82 Å². The number of hydrogen-bond donors (Lipinski definition) is 2. The first-order valence-electron chi connectivity index (χ1n) is 4.27. The smallest absolute Gasteiger partial charge is 0.235 e. The van der Waals surface area contributed by atoms with E-state index in [-0.39, 0.29) is 5.91 Å². The molecule has 5 heteroatoms. The minimum atomic E-state index is -0.157. The zero-order valence-corrected chi connectivity index (χ0v) is 7.66. The van der Waals surface area contributed by atoms with Crippen LogP contribution in [-0.2, 0) is 17.8 Å². The molecule has 0 aromatic carbocycles. The van der Waals surface area contributed by atoms with Crippen LogP contribution in [0, 0.1) is 0 Å². The van der Waals surface area contributed by atoms with Gasteiger partial charge in [0.15, 0.2) is 0 Å². The van der Waals surface area contributed by atoms with Crippen LogP contribution in [0.2, 0.25) is 0 Å². The number of imidazole rings is 1. The molecule has 0 aliphatic rings. The normalized spacial score (nSPS) is 10.0. The minimum absolute atomic E-state index is 0.157. The molecule has 0 saturated carbocycles. The van der Waals surface area contributed by atoms with E-state index >= 15 is 0 Å². The molecular formula is C8H14N4O. The summed E-state index contributed by atoms with van der Waals surface area (Å²) in [6.45, 7) is 2.66. The number of nitrogens with two attached hydrogens (primary N) is 1. The molecule has 1 amide bonds. The van der Waals surface area contributed by atoms with Crippen LogP contribution in [0.4, 0.5) is 0 Å². The third-order valence-electron chi connectivity index (χ3n) is 1.86. The lowest BCUT2D eigenvalue weighted by Gasteiger charge is -2.04. The first-order chi connectivity index (χ1) is 6.27. The first-order valence-corrected chi connectivity index (χ1v) is 4.27. The summed E-state index contributed by atoms with van der Waals surface area (Å²) < 4.78 is 1.95. The molecule has 5 nitrogen and oxygen atoms in total. The highest BCUT2D eigenvalue weighted by molar-refractivity contribution is 5.75. The molecule has 1 rings (SSSR count). The maximum Gasteiger partial charge on any atom is 0.235 e. The predicted octanol–water partition coefficient (Wildman–Crippen LogP) is -0.174. The lowest BCUT2D eigenvalue weighted by Crippen LogP contribution is -2.30. The molecule has 0 unspecified atom stereocenters. The summed E-state index contributed by atoms with van der Waals surface area (Å²) in [4.78, 5) is 15.0. The van der Waals surface area contributed by atoms with Crippen LogP contribution < -0.4 is 11.3 Å². The van der Waals surface area contributed by atoms with E-state index in [1.54, 1.807) is 6.20 Å². The van der Waals surface area contributed by atoms with Crippen molar-refractivity contribution in [1.29, 1.82) is 0 Å². The van der Waals surface area contributed by atoms with E-state index in [0.717, 1.165) is 12.2 Å². The number of rotatable bonds is 4. The molecule has 72 valence electrons. The second kappa shape index (κ2) is 4.61. The number of nitrogens with zero attached hydrogens (tertiary/aromatic N) is 2. The van der Waals surface area contributed by atoms with Gasteiger partial charge in [0, 0.05) is 31.8 Å². The SMILES string of the molecule is CCc1nccn1CCC(=O)NN. The number of nitrogens with one attached hydrogen (secondary N) is 1. The molecule has 0 atom stereocenters. The fourth-order valence-electron chi connectivity index (χ4n) is 1.15. The van der Waals surface area contributed by atoms with E-state index in [2.05, 4.69) is 10.4 Å². The number of aryl methyl sites for hydroxylation is 2. The highest BCUT2D eigenvalue weighted by Crippen LogP contribution is 1.99. The number of amides is 1. The van der Waals surface area contributed by atoms with Crippen molar-refractivity contribution in [2.75, 3.05) is 0 Å². The molecular weight excluding hydrogens is 168 g/mol. The van der Waals surface area contributed by atoms with E-state index in [1.165, 1.54) is 0 Å². The van der Waals surface area contributed by atoms with Gasteiger partial charge in [-0.1, -0.05) is 6.92 Å². The van der Waals surface area contributed by atoms with Crippen LogP contribution in [-0.4, -0.2) is 15.5 Å². The van der Waals surface area contributed by atoms with E-state index in [4.69, 9.17) is 5.84 Å². The third kappa shape index (κ3) is 2.55. The second-order valence-corrected chi connectivity index (χ2v) is 2.71. The molecule has 1 heterocycles. The molecule has 0 bridgehead atoms. The summed E-state index contributed by atoms with van der Waals surface area (Å²) in [6.07, 6.45) is 4.86. The molecule has 0 radical (unpaired) electrons. The van der Waals surface area contributed by atoms with E-state index < -0.39 is 0 Å². The molecule has 0 spiro atoms. The van der Waals surface area contributed by atoms with Crippen molar-refractivity contribution in [2.45, 2.75) is 26.3 Å². The maximum atomic E-state index is 10.8. The van der Waals surface area contributed by atoms with Gasteiger partial charge in [-0.15, -0.1) is 0 Å². The number of hydrogen-bond acceptors (Lipinski definition) is 3. The van der Waals surface area contributed by atoms with Gasteiger partial charge in [-0.25, -0.2) is 10.8 Å². The van der Waals surface area contributed by atoms with Crippen molar-refractivity contribution in [1.82, 2.24) is 15.0 Å². The van der Waals surface area contributed by atoms with Gasteiger partial charge in [0.05, 0.1) is 0 Å². The Morgan fingerprint density at radius 3 is 3.15 bits per heavy atom. The highest BCUT2D eigenvalue weighted by Gasteiger charge is 2.02. The summed E-state index contributed by atoms with van der Waals surface area (Å²) in [7, 11) is 0. The summed E-state index contributed by atoms with van der Waals surface area (Å²) >= 11 is 0. The predicted molar refractivity (Wildman–Crippen MR) is 48.6 cm³/mol. The van der Waals surface area contributed by atoms with Crippen LogP contribution in [0.3, 0.4) is 0 Å². The first kappa shape index (κ1) is 9.73. The average molecular weight is 182 g/mol. The monoisotopic (exact) mass is 182 g/mol. The van der Waals surface area contributed by atoms with Crippen LogP contribution in [0.5, 0.6) is 0 Å². The lowest BCUT2D eigenvalue weighted by molar-refractivity contribution is -0.121. The third-order valence-corrected chi connectivity index (χ3v) is 1.86. The quantitative estimate of drug-likeness (QED) is 0.385. The largest absolute Gasteiger partial charge is 0.334 e. The lowest BCUT2D eigenvalue weighted by atomic mass is 10.4. The van der Waals surface area contributed by atoms with Crippen LogP contribution in [0.25, 0.3) is 0 Å². The van der Waals surface area contributed by atoms with Gasteiger partial charge < -0.3 is 4.57 Å². The molecule has 1 aromatic rings. The summed E-state index contributed by atoms with van der Waals surface area (Å²) in [5.74, 6) is 5.79. The molecule has 0 aliphatic carbocycles. The Morgan fingerprint density at radius 2 is 2.54 bits per heavy atom. The molecule has 13 heavy (non-hydrogen) atoms. The van der Waals surface area contributed by atoms with Gasteiger partial charge in [0.2, 0.25) is 5.91 Å². The van der Waals surface area contributed by atoms with Crippen molar-refractivity contribution in [3.63, 3.8) is 0 Å². The number of carbonyl (C=O) groups excluding carboxylic acids is 1. The Balaban J connectivity index is 2.49. The summed E-state index contributed by atoms with van der Waals surface area (Å²) in [6, 6.07) is 0. The Hall–Kier alpha value is -1.36. The van der Waals surface area contributed by atoms with Crippen LogP contribution in [0.15, 0.2) is 12.4 Å². The van der Waals surface area contributed by atoms with Crippen LogP contribution >= 0.6 is 0 Å². The Kier molecular flexibility index (Phi) is 3.45.